The van der Waals surface area contributed by atoms with E-state index in [1.165, 1.54) is 0 Å². The smallest absolute Gasteiger partial charge is 0.490 e. The average Bonchev–Trinajstić information content (AvgIpc) is 3.57. The van der Waals surface area contributed by atoms with Gasteiger partial charge in [0.25, 0.3) is 0 Å². The quantitative estimate of drug-likeness (QED) is 0.388. The van der Waals surface area contributed by atoms with Crippen LogP contribution in [0.15, 0.2) is 23.0 Å². The molecule has 0 aromatic carbocycles. The van der Waals surface area contributed by atoms with Crippen LogP contribution in [-0.2, 0) is 38.0 Å². The fraction of sp³-hybridized carbons (Fsp3) is 0.778. The number of halogens is 3. The van der Waals surface area contributed by atoms with Gasteiger partial charge in [-0.1, -0.05) is 13.8 Å². The summed E-state index contributed by atoms with van der Waals surface area (Å²) in [5.41, 5.74) is -1.04. The Bertz CT molecular complexity index is 1090. The molecule has 6 rings (SSSR count). The highest BCUT2D eigenvalue weighted by Gasteiger charge is 2.77. The van der Waals surface area contributed by atoms with Crippen molar-refractivity contribution < 1.29 is 51.2 Å². The molecule has 0 amide bonds. The third-order valence-electron chi connectivity index (χ3n) is 10.7. The minimum atomic E-state index is -5.13. The minimum absolute atomic E-state index is 0.0258. The van der Waals surface area contributed by atoms with Crippen LogP contribution in [0.5, 0.6) is 0 Å². The van der Waals surface area contributed by atoms with Gasteiger partial charge in [0, 0.05) is 23.2 Å². The predicted octanol–water partition coefficient (Wildman–Crippen LogP) is 4.19. The number of methoxy groups -OCH3 is 1. The molecule has 8 atom stereocenters. The highest BCUT2D eigenvalue weighted by molar-refractivity contribution is 5.78. The summed E-state index contributed by atoms with van der Waals surface area (Å²) in [5.74, 6) is -3.33. The molecule has 8 nitrogen and oxygen atoms in total. The topological polar surface area (TPSA) is 89.5 Å². The van der Waals surface area contributed by atoms with E-state index in [1.54, 1.807) is 7.11 Å². The van der Waals surface area contributed by atoms with Gasteiger partial charge in [-0.3, -0.25) is 4.79 Å². The summed E-state index contributed by atoms with van der Waals surface area (Å²) in [4.78, 5) is 24.7. The first kappa shape index (κ1) is 26.3. The fourth-order valence-corrected chi connectivity index (χ4v) is 9.15. The third-order valence-corrected chi connectivity index (χ3v) is 10.7. The van der Waals surface area contributed by atoms with E-state index in [2.05, 4.69) is 0 Å². The monoisotopic (exact) mass is 542 g/mol. The largest absolute Gasteiger partial charge is 0.501 e. The molecule has 6 aliphatic rings. The van der Waals surface area contributed by atoms with Crippen LogP contribution >= 0.6 is 0 Å². The zero-order chi connectivity index (χ0) is 27.1. The van der Waals surface area contributed by atoms with Crippen molar-refractivity contribution in [1.29, 1.82) is 0 Å². The molecular formula is C27H33F3O8. The van der Waals surface area contributed by atoms with Gasteiger partial charge >= 0.3 is 12.1 Å². The molecule has 0 N–H and O–H groups in total. The molecule has 38 heavy (non-hydrogen) atoms. The summed E-state index contributed by atoms with van der Waals surface area (Å²) in [5, 5.41) is 0. The number of allylic oxidation sites excluding steroid dienone is 4. The zero-order valence-electron chi connectivity index (χ0n) is 21.7. The summed E-state index contributed by atoms with van der Waals surface area (Å²) >= 11 is 0. The Balaban J connectivity index is 1.49. The number of carbonyl (C=O) groups is 2. The summed E-state index contributed by atoms with van der Waals surface area (Å²) < 4.78 is 75.3. The van der Waals surface area contributed by atoms with E-state index in [0.717, 1.165) is 17.6 Å². The number of alkyl halides is 3. The van der Waals surface area contributed by atoms with E-state index in [-0.39, 0.29) is 38.4 Å². The Morgan fingerprint density at radius 2 is 1.92 bits per heavy atom. The summed E-state index contributed by atoms with van der Waals surface area (Å²) in [6, 6.07) is 0. The van der Waals surface area contributed by atoms with E-state index in [9.17, 15) is 22.8 Å². The van der Waals surface area contributed by atoms with Gasteiger partial charge in [-0.2, -0.15) is 13.2 Å². The molecule has 2 saturated carbocycles. The van der Waals surface area contributed by atoms with Crippen molar-refractivity contribution in [2.24, 2.45) is 28.6 Å². The maximum atomic E-state index is 13.5. The molecule has 0 unspecified atom stereocenters. The number of hydrogen-bond acceptors (Lipinski definition) is 8. The van der Waals surface area contributed by atoms with Gasteiger partial charge in [0.15, 0.2) is 13.6 Å². The molecule has 2 saturated heterocycles. The van der Waals surface area contributed by atoms with Crippen molar-refractivity contribution >= 4 is 12.3 Å². The minimum Gasteiger partial charge on any atom is -0.501 e. The van der Waals surface area contributed by atoms with Gasteiger partial charge in [-0.15, -0.1) is 0 Å². The molecule has 0 bridgehead atoms. The molecule has 4 fully saturated rings. The number of rotatable bonds is 3. The Hall–Kier alpha value is -1.95. The second-order valence-corrected chi connectivity index (χ2v) is 12.0. The van der Waals surface area contributed by atoms with Crippen LogP contribution < -0.4 is 0 Å². The van der Waals surface area contributed by atoms with Gasteiger partial charge < -0.3 is 28.4 Å². The lowest BCUT2D eigenvalue weighted by Gasteiger charge is -2.61. The van der Waals surface area contributed by atoms with Crippen molar-refractivity contribution in [2.75, 3.05) is 27.3 Å². The predicted molar refractivity (Wildman–Crippen MR) is 123 cm³/mol. The lowest BCUT2D eigenvalue weighted by atomic mass is 9.45. The van der Waals surface area contributed by atoms with Crippen molar-refractivity contribution in [3.8, 4) is 0 Å². The molecule has 2 aliphatic heterocycles. The van der Waals surface area contributed by atoms with E-state index in [0.29, 0.717) is 37.7 Å². The second-order valence-electron chi connectivity index (χ2n) is 12.0. The highest BCUT2D eigenvalue weighted by Crippen LogP contribution is 2.72. The molecule has 0 aromatic rings. The molecular weight excluding hydrogens is 509 g/mol. The van der Waals surface area contributed by atoms with E-state index >= 15 is 0 Å². The molecule has 210 valence electrons. The van der Waals surface area contributed by atoms with Crippen LogP contribution in [0, 0.1) is 28.6 Å². The van der Waals surface area contributed by atoms with Crippen molar-refractivity contribution in [1.82, 2.24) is 0 Å². The maximum Gasteiger partial charge on any atom is 0.490 e. The van der Waals surface area contributed by atoms with Crippen molar-refractivity contribution in [3.63, 3.8) is 0 Å². The number of ether oxygens (including phenoxy) is 6. The standard InChI is InChI=1S/C27H33F3O8/c1-23-6-4-16(33-3)9-19(23)15(11-31)8-17-18-5-7-25(26(37-14-35-25)12-34-13-36-26)24(18,2)10-20(21(17)23)38-22(32)27(28,29)30/h9,11,17-18,20-21H,4-8,10,12-14H2,1-3H3/t17-,18+,20-,21+,23+,24+,25-,26-/m1/s1. The first-order valence-corrected chi connectivity index (χ1v) is 13.2. The molecule has 11 heteroatoms. The number of esters is 1. The summed E-state index contributed by atoms with van der Waals surface area (Å²) in [6.07, 6.45) is -0.558. The molecule has 2 spiro atoms. The van der Waals surface area contributed by atoms with E-state index in [4.69, 9.17) is 28.4 Å². The van der Waals surface area contributed by atoms with Crippen LogP contribution in [0.25, 0.3) is 0 Å². The number of aldehydes is 1. The summed E-state index contributed by atoms with van der Waals surface area (Å²) in [7, 11) is 1.56. The summed E-state index contributed by atoms with van der Waals surface area (Å²) in [6.45, 7) is 4.11. The van der Waals surface area contributed by atoms with Gasteiger partial charge in [-0.05, 0) is 61.2 Å². The van der Waals surface area contributed by atoms with Crippen LogP contribution in [0.3, 0.4) is 0 Å². The lowest BCUT2D eigenvalue weighted by molar-refractivity contribution is -0.262. The Morgan fingerprint density at radius 1 is 1.16 bits per heavy atom. The van der Waals surface area contributed by atoms with Crippen LogP contribution in [0.4, 0.5) is 13.2 Å². The van der Waals surface area contributed by atoms with Crippen molar-refractivity contribution in [2.45, 2.75) is 76.0 Å². The first-order valence-electron chi connectivity index (χ1n) is 13.2. The van der Waals surface area contributed by atoms with E-state index in [1.807, 2.05) is 19.9 Å². The van der Waals surface area contributed by atoms with Crippen LogP contribution in [0.2, 0.25) is 0 Å². The maximum absolute atomic E-state index is 13.5. The van der Waals surface area contributed by atoms with Crippen LogP contribution in [0.1, 0.15) is 52.4 Å². The number of fused-ring (bicyclic) bond motifs is 7. The van der Waals surface area contributed by atoms with Gasteiger partial charge in [0.1, 0.15) is 24.6 Å². The molecule has 2 heterocycles. The molecule has 4 aliphatic carbocycles. The SMILES string of the molecule is COC1=CC2=C(C=O)C[C@H]3[C@@H]([C@H](OC(=O)C(F)(F)F)C[C@@]4(C)[C@H]3CC[C@@]43OCO[C@]34COCO4)[C@@]2(C)CC1. The average molecular weight is 543 g/mol. The normalized spacial score (nSPS) is 46.0. The number of carbonyl (C=O) groups excluding carboxylic acids is 2. The first-order chi connectivity index (χ1) is 17.9. The zero-order valence-corrected chi connectivity index (χ0v) is 21.7. The van der Waals surface area contributed by atoms with Gasteiger partial charge in [0.2, 0.25) is 5.79 Å². The molecule has 0 radical (unpaired) electrons. The third kappa shape index (κ3) is 3.31. The number of hydrogen-bond donors (Lipinski definition) is 0. The van der Waals surface area contributed by atoms with Gasteiger partial charge in [-0.25, -0.2) is 4.79 Å². The lowest BCUT2D eigenvalue weighted by Crippen LogP contribution is -2.66. The molecule has 0 aromatic heterocycles. The van der Waals surface area contributed by atoms with Crippen LogP contribution in [-0.4, -0.2) is 63.2 Å². The Kier molecular flexibility index (Phi) is 5.89. The second kappa shape index (κ2) is 8.52. The Labute approximate surface area is 218 Å². The van der Waals surface area contributed by atoms with E-state index < -0.39 is 46.4 Å². The van der Waals surface area contributed by atoms with Gasteiger partial charge in [0.05, 0.1) is 12.9 Å². The Morgan fingerprint density at radius 3 is 2.58 bits per heavy atom. The fourth-order valence-electron chi connectivity index (χ4n) is 9.15. The van der Waals surface area contributed by atoms with Crippen molar-refractivity contribution in [3.05, 3.63) is 23.0 Å². The highest BCUT2D eigenvalue weighted by atomic mass is 19.4.